The van der Waals surface area contributed by atoms with E-state index >= 15 is 0 Å². The molecule has 0 saturated carbocycles. The number of nitrogen functional groups attached to an aromatic ring is 3. The maximum Gasteiger partial charge on any atom is 0.415 e. The van der Waals surface area contributed by atoms with Gasteiger partial charge in [-0.3, -0.25) is 34.6 Å². The molecule has 0 atom stereocenters. The summed E-state index contributed by atoms with van der Waals surface area (Å²) in [7, 11) is 0. The molecule has 0 aliphatic carbocycles. The van der Waals surface area contributed by atoms with Crippen LogP contribution >= 0.6 is 0 Å². The van der Waals surface area contributed by atoms with Crippen molar-refractivity contribution in [3.05, 3.63) is 132 Å². The molecule has 491 valence electrons. The Morgan fingerprint density at radius 2 is 0.914 bits per heavy atom. The summed E-state index contributed by atoms with van der Waals surface area (Å²) in [6.45, 7) is 4.13. The number of carbonyl (C=O) groups excluding carboxylic acids is 2. The average molecular weight is 1560 g/mol. The van der Waals surface area contributed by atoms with Crippen molar-refractivity contribution in [3.63, 3.8) is 0 Å². The number of rotatable bonds is 4. The van der Waals surface area contributed by atoms with E-state index in [9.17, 15) is 47.8 Å². The third-order valence-corrected chi connectivity index (χ3v) is 12.1. The van der Waals surface area contributed by atoms with Gasteiger partial charge in [0.2, 0.25) is 23.3 Å². The third kappa shape index (κ3) is 22.8. The quantitative estimate of drug-likeness (QED) is 0.0753. The minimum absolute atomic E-state index is 0. The number of nitrogens with zero attached hydrogens (tertiary/aromatic N) is 11. The van der Waals surface area contributed by atoms with Crippen LogP contribution < -0.4 is 61.1 Å². The number of amides is 2. The van der Waals surface area contributed by atoms with E-state index in [2.05, 4.69) is 34.9 Å². The van der Waals surface area contributed by atoms with E-state index in [1.165, 1.54) is 47.0 Å². The molecule has 2 amide bonds. The van der Waals surface area contributed by atoms with Gasteiger partial charge < -0.3 is 60.1 Å². The number of fused-ring (bicyclic) bond motifs is 11. The van der Waals surface area contributed by atoms with Crippen molar-refractivity contribution in [1.82, 2.24) is 39.5 Å². The molecule has 12 bridgehead atoms. The van der Waals surface area contributed by atoms with Crippen LogP contribution in [0.25, 0.3) is 11.2 Å². The number of imidazole rings is 1. The predicted octanol–water partition coefficient (Wildman–Crippen LogP) is 7.48. The zero-order valence-corrected chi connectivity index (χ0v) is 58.3. The van der Waals surface area contributed by atoms with E-state index in [0.717, 1.165) is 9.80 Å². The zero-order chi connectivity index (χ0) is 60.7. The van der Waals surface area contributed by atoms with Gasteiger partial charge in [-0.2, -0.15) is 29.9 Å². The number of aromatic nitrogens is 8. The van der Waals surface area contributed by atoms with E-state index in [1.807, 2.05) is 0 Å². The Bertz CT molecular complexity index is 3740. The smallest absolute Gasteiger partial charge is 0.415 e. The summed E-state index contributed by atoms with van der Waals surface area (Å²) < 4.78 is 86.1. The standard InChI is InChI=1S/C18H20FN5O6.C18H18FN5O6.C16H16FN5O3.CH4.7V/c2*1-2-28-18(25)23-10-11-5-6-12(19)13(9-11)29-7-3-4-8-30-17-21-15(20)14(24(26)27)16(23)22-17;17-10-4-3-9-7-11(10)24-5-1-2-6-25-15-20-13(18)12-14(21-15)22(8-9)16(23)19-12;;;;;;;;/h5-6,9H,2-4,7-8,10H2,1H3,(H2,20,21,22);3-6,9H,2,7-8,10H2,1H3,(H2,20,21,22);3-4,7H,1-2,5-6,8H2,(H,19,23)(H2,18,20,21);1H4;;;;;;;/b;4-3-;;;;;;;;;. The number of nitro groups is 2. The first-order valence-electron chi connectivity index (χ1n) is 26.0. The molecule has 0 saturated heterocycles. The Morgan fingerprint density at radius 3 is 1.33 bits per heavy atom. The van der Waals surface area contributed by atoms with E-state index in [-0.39, 0.29) is 249 Å². The number of hydrogen-bond donors (Lipinski definition) is 4. The molecule has 93 heavy (non-hydrogen) atoms. The summed E-state index contributed by atoms with van der Waals surface area (Å²) in [5.74, 6) is -3.06. The van der Waals surface area contributed by atoms with Crippen LogP contribution in [-0.4, -0.2) is 114 Å². The predicted molar refractivity (Wildman–Crippen MR) is 301 cm³/mol. The fourth-order valence-electron chi connectivity index (χ4n) is 8.14. The molecule has 0 fully saturated rings. The van der Waals surface area contributed by atoms with Gasteiger partial charge in [0.1, 0.15) is 18.7 Å². The Hall–Kier alpha value is -6.67. The van der Waals surface area contributed by atoms with Crippen molar-refractivity contribution in [3.8, 4) is 35.3 Å². The molecule has 0 spiro atoms. The van der Waals surface area contributed by atoms with Crippen LogP contribution in [0.2, 0.25) is 0 Å². The van der Waals surface area contributed by atoms with Crippen LogP contribution in [0.15, 0.2) is 71.5 Å². The van der Waals surface area contributed by atoms with Crippen molar-refractivity contribution in [1.29, 1.82) is 0 Å². The van der Waals surface area contributed by atoms with Gasteiger partial charge in [0, 0.05) is 130 Å². The van der Waals surface area contributed by atoms with E-state index in [0.29, 0.717) is 66.8 Å². The Kier molecular flexibility index (Phi) is 38.3. The number of nitrogens with one attached hydrogen (secondary N) is 1. The first kappa shape index (κ1) is 86.3. The largest absolute Gasteiger partial charge is 0.491 e. The number of aromatic amines is 1. The van der Waals surface area contributed by atoms with Crippen LogP contribution in [0.5, 0.6) is 35.3 Å². The fourth-order valence-corrected chi connectivity index (χ4v) is 8.14. The molecule has 0 unspecified atom stereocenters. The Morgan fingerprint density at radius 1 is 0.548 bits per heavy atom. The number of hydrogen-bond acceptors (Lipinski definition) is 24. The van der Waals surface area contributed by atoms with Crippen molar-refractivity contribution in [2.45, 2.75) is 66.6 Å². The molecule has 7 heterocycles. The fraction of sp³-hybridized carbons (Fsp3) is 0.340. The minimum Gasteiger partial charge on any atom is -0.491 e. The summed E-state index contributed by atoms with van der Waals surface area (Å²) >= 11 is 0. The average Bonchev–Trinajstić information content (AvgIpc) is 1.81. The molecule has 3 aliphatic heterocycles. The van der Waals surface area contributed by atoms with Crippen LogP contribution in [0.3, 0.4) is 0 Å². The maximum atomic E-state index is 14.1. The summed E-state index contributed by atoms with van der Waals surface area (Å²) in [6.07, 6.45) is 3.81. The molecular weight excluding hydrogens is 1500 g/mol. The van der Waals surface area contributed by atoms with Crippen LogP contribution in [0.4, 0.5) is 63.2 Å². The third-order valence-electron chi connectivity index (χ3n) is 12.1. The van der Waals surface area contributed by atoms with Gasteiger partial charge in [-0.1, -0.05) is 25.6 Å². The molecule has 4 aromatic heterocycles. The van der Waals surface area contributed by atoms with Gasteiger partial charge in [-0.25, -0.2) is 27.6 Å². The first-order valence-corrected chi connectivity index (χ1v) is 26.0. The molecule has 10 rings (SSSR count). The van der Waals surface area contributed by atoms with Gasteiger partial charge in [-0.05, 0) is 105 Å². The number of carbonyl (C=O) groups is 2. The number of benzene rings is 3. The van der Waals surface area contributed by atoms with Crippen LogP contribution in [0.1, 0.15) is 63.6 Å². The van der Waals surface area contributed by atoms with Crippen molar-refractivity contribution < 1.29 is 200 Å². The zero-order valence-electron chi connectivity index (χ0n) is 48.5. The Balaban J connectivity index is 0.00000131. The molecule has 3 aliphatic rings. The van der Waals surface area contributed by atoms with E-state index in [4.69, 9.17) is 55.1 Å². The maximum absolute atomic E-state index is 14.1. The van der Waals surface area contributed by atoms with Gasteiger partial charge in [0.15, 0.2) is 46.2 Å². The van der Waals surface area contributed by atoms with Crippen LogP contribution in [-0.2, 0) is 159 Å². The molecule has 3 aromatic carbocycles. The number of halogens is 3. The van der Waals surface area contributed by atoms with Gasteiger partial charge >= 0.3 is 47.3 Å². The number of anilines is 5. The second-order valence-electron chi connectivity index (χ2n) is 18.0. The summed E-state index contributed by atoms with van der Waals surface area (Å²) in [6, 6.07) is 12.2. The SMILES string of the molecule is C.CCOC(=O)N1Cc2ccc(F)c(c2)OC/C=C\COc2nc(N)c([N+](=O)[O-])c1n2.CCOC(=O)N1Cc2ccc(F)c(c2)OCCCCOc2nc(N)c([N+](=O)[O-])c1n2.Nc1nc2nc3c1[nH]c(=O)n3Cc1ccc(F)c(c1)OCCCCO2.[V].[V].[V].[V].[V].[V].[V]. The van der Waals surface area contributed by atoms with Crippen molar-refractivity contribution in [2.75, 3.05) is 79.9 Å². The second-order valence-corrected chi connectivity index (χ2v) is 18.0. The number of nitrogens with two attached hydrogens (primary N) is 3. The van der Waals surface area contributed by atoms with Crippen molar-refractivity contribution in [2.24, 2.45) is 0 Å². The van der Waals surface area contributed by atoms with E-state index < -0.39 is 68.3 Å². The summed E-state index contributed by atoms with van der Waals surface area (Å²) in [5, 5.41) is 23.2. The molecule has 40 heteroatoms. The first-order chi connectivity index (χ1) is 40.9. The van der Waals surface area contributed by atoms with Crippen LogP contribution in [0, 0.1) is 37.7 Å². The van der Waals surface area contributed by atoms with Gasteiger partial charge in [0.05, 0.1) is 69.1 Å². The molecule has 30 nitrogen and oxygen atoms in total. The Labute approximate surface area is 611 Å². The van der Waals surface area contributed by atoms with E-state index in [1.54, 1.807) is 38.1 Å². The van der Waals surface area contributed by atoms with Gasteiger partial charge in [-0.15, -0.1) is 0 Å². The molecule has 7 N–H and O–H groups in total. The molecular formula is C53H58F3N15O15V7. The topological polar surface area (TPSA) is 394 Å². The molecule has 7 radical (unpaired) electrons. The monoisotopic (exact) mass is 1560 g/mol. The summed E-state index contributed by atoms with van der Waals surface area (Å²) in [4.78, 5) is 87.7. The minimum atomic E-state index is -0.913. The normalized spacial score (nSPS) is 13.3. The number of ether oxygens (including phenoxy) is 8. The summed E-state index contributed by atoms with van der Waals surface area (Å²) in [5.41, 5.74) is 17.9. The second kappa shape index (κ2) is 41.2. The van der Waals surface area contributed by atoms with Gasteiger partial charge in [0.25, 0.3) is 0 Å². The van der Waals surface area contributed by atoms with Crippen molar-refractivity contribution >= 4 is 63.8 Å². The number of H-pyrrole nitrogens is 1. The molecule has 7 aromatic rings.